The fourth-order valence-corrected chi connectivity index (χ4v) is 3.70. The van der Waals surface area contributed by atoms with Crippen molar-refractivity contribution in [3.8, 4) is 0 Å². The topological polar surface area (TPSA) is 76.0 Å². The van der Waals surface area contributed by atoms with Crippen LogP contribution < -0.4 is 10.6 Å². The Morgan fingerprint density at radius 1 is 0.970 bits per heavy atom. The van der Waals surface area contributed by atoms with Crippen LogP contribution in [0.2, 0.25) is 0 Å². The number of aryl methyl sites for hydroxylation is 3. The molecule has 4 rings (SSSR count). The number of carbonyl (C=O) groups is 2. The first-order chi connectivity index (χ1) is 15.8. The van der Waals surface area contributed by atoms with E-state index in [4.69, 9.17) is 0 Å². The minimum Gasteiger partial charge on any atom is -0.352 e. The van der Waals surface area contributed by atoms with Crippen molar-refractivity contribution in [2.75, 3.05) is 11.9 Å². The van der Waals surface area contributed by atoms with Gasteiger partial charge in [-0.25, -0.2) is 9.37 Å². The Hall–Kier alpha value is -4.00. The molecule has 0 aliphatic rings. The van der Waals surface area contributed by atoms with Crippen molar-refractivity contribution in [1.82, 2.24) is 14.9 Å². The molecule has 0 radical (unpaired) electrons. The summed E-state index contributed by atoms with van der Waals surface area (Å²) in [5.74, 6) is -0.0983. The molecular weight excluding hydrogens is 419 g/mol. The number of fused-ring (bicyclic) bond motifs is 1. The molecule has 0 unspecified atom stereocenters. The number of nitrogens with zero attached hydrogens (tertiary/aromatic N) is 2. The van der Waals surface area contributed by atoms with E-state index in [1.54, 1.807) is 25.1 Å². The number of imidazole rings is 1. The van der Waals surface area contributed by atoms with Crippen LogP contribution in [0.5, 0.6) is 0 Å². The summed E-state index contributed by atoms with van der Waals surface area (Å²) in [4.78, 5) is 29.6. The van der Waals surface area contributed by atoms with Crippen LogP contribution in [0, 0.1) is 19.7 Å². The van der Waals surface area contributed by atoms with Crippen molar-refractivity contribution in [3.63, 3.8) is 0 Å². The summed E-state index contributed by atoms with van der Waals surface area (Å²) in [6.07, 6.45) is 0.510. The van der Waals surface area contributed by atoms with Crippen LogP contribution >= 0.6 is 0 Å². The van der Waals surface area contributed by atoms with Gasteiger partial charge in [-0.05, 0) is 61.4 Å². The van der Waals surface area contributed by atoms with Crippen LogP contribution in [-0.2, 0) is 13.5 Å². The van der Waals surface area contributed by atoms with Gasteiger partial charge in [-0.1, -0.05) is 24.3 Å². The molecule has 2 N–H and O–H groups in total. The zero-order valence-corrected chi connectivity index (χ0v) is 18.8. The summed E-state index contributed by atoms with van der Waals surface area (Å²) >= 11 is 0. The zero-order valence-electron chi connectivity index (χ0n) is 18.8. The lowest BCUT2D eigenvalue weighted by atomic mass is 10.1. The number of amides is 2. The first kappa shape index (κ1) is 22.2. The van der Waals surface area contributed by atoms with E-state index in [2.05, 4.69) is 15.6 Å². The number of hydrogen-bond acceptors (Lipinski definition) is 3. The number of hydrogen-bond donors (Lipinski definition) is 2. The molecule has 0 aliphatic heterocycles. The first-order valence-electron chi connectivity index (χ1n) is 10.7. The number of carbonyl (C=O) groups excluding carboxylic acids is 2. The molecule has 1 heterocycles. The highest BCUT2D eigenvalue weighted by atomic mass is 19.1. The molecule has 7 heteroatoms. The van der Waals surface area contributed by atoms with Crippen LogP contribution in [0.25, 0.3) is 11.0 Å². The molecular formula is C26H25FN4O2. The lowest BCUT2D eigenvalue weighted by Crippen LogP contribution is -2.26. The molecule has 0 spiro atoms. The highest BCUT2D eigenvalue weighted by Crippen LogP contribution is 2.21. The minimum atomic E-state index is -0.400. The Bertz CT molecular complexity index is 1360. The number of nitrogens with one attached hydrogen (secondary N) is 2. The van der Waals surface area contributed by atoms with Crippen LogP contribution in [0.15, 0.2) is 60.7 Å². The maximum absolute atomic E-state index is 13.7. The minimum absolute atomic E-state index is 0.168. The second-order valence-corrected chi connectivity index (χ2v) is 8.03. The third-order valence-corrected chi connectivity index (χ3v) is 5.69. The largest absolute Gasteiger partial charge is 0.352 e. The van der Waals surface area contributed by atoms with Gasteiger partial charge in [0.1, 0.15) is 11.6 Å². The lowest BCUT2D eigenvalue weighted by molar-refractivity contribution is 0.0952. The molecule has 6 nitrogen and oxygen atoms in total. The Morgan fingerprint density at radius 2 is 1.76 bits per heavy atom. The van der Waals surface area contributed by atoms with Crippen LogP contribution in [0.3, 0.4) is 0 Å². The van der Waals surface area contributed by atoms with Gasteiger partial charge in [0.25, 0.3) is 11.8 Å². The Kier molecular flexibility index (Phi) is 6.22. The molecule has 0 saturated carbocycles. The maximum atomic E-state index is 13.7. The summed E-state index contributed by atoms with van der Waals surface area (Å²) in [5, 5.41) is 5.74. The standard InChI is InChI=1S/C26H25FN4O2/c1-16-6-4-5-7-20(16)26(33)29-19-10-11-23-22(15-19)30-24(31(23)3)12-13-28-25(32)18-9-8-17(2)21(27)14-18/h4-11,14-15H,12-13H2,1-3H3,(H,28,32)(H,29,33). The van der Waals surface area contributed by atoms with Crippen molar-refractivity contribution in [2.45, 2.75) is 20.3 Å². The Labute approximate surface area is 191 Å². The lowest BCUT2D eigenvalue weighted by Gasteiger charge is -2.08. The van der Waals surface area contributed by atoms with Gasteiger partial charge in [-0.2, -0.15) is 0 Å². The van der Waals surface area contributed by atoms with Crippen LogP contribution in [0.4, 0.5) is 10.1 Å². The van der Waals surface area contributed by atoms with Crippen molar-refractivity contribution in [2.24, 2.45) is 7.05 Å². The molecule has 3 aromatic carbocycles. The second kappa shape index (κ2) is 9.24. The average molecular weight is 445 g/mol. The van der Waals surface area contributed by atoms with Gasteiger partial charge in [-0.3, -0.25) is 9.59 Å². The quantitative estimate of drug-likeness (QED) is 0.458. The fourth-order valence-electron chi connectivity index (χ4n) is 3.70. The van der Waals surface area contributed by atoms with E-state index in [0.717, 1.165) is 22.4 Å². The maximum Gasteiger partial charge on any atom is 0.255 e. The van der Waals surface area contributed by atoms with Crippen LogP contribution in [0.1, 0.15) is 37.7 Å². The highest BCUT2D eigenvalue weighted by Gasteiger charge is 2.13. The van der Waals surface area contributed by atoms with E-state index in [-0.39, 0.29) is 17.4 Å². The van der Waals surface area contributed by atoms with Crippen molar-refractivity contribution >= 4 is 28.5 Å². The van der Waals surface area contributed by atoms with E-state index in [1.165, 1.54) is 6.07 Å². The molecule has 4 aromatic rings. The second-order valence-electron chi connectivity index (χ2n) is 8.03. The predicted octanol–water partition coefficient (Wildman–Crippen LogP) is 4.55. The number of anilines is 1. The van der Waals surface area contributed by atoms with Crippen molar-refractivity contribution < 1.29 is 14.0 Å². The van der Waals surface area contributed by atoms with Gasteiger partial charge in [0.05, 0.1) is 11.0 Å². The molecule has 0 atom stereocenters. The Balaban J connectivity index is 1.43. The average Bonchev–Trinajstić information content (AvgIpc) is 3.10. The smallest absolute Gasteiger partial charge is 0.255 e. The van der Waals surface area contributed by atoms with Gasteiger partial charge in [-0.15, -0.1) is 0 Å². The number of rotatable bonds is 6. The zero-order chi connectivity index (χ0) is 23.5. The predicted molar refractivity (Wildman–Crippen MR) is 127 cm³/mol. The molecule has 0 fully saturated rings. The van der Waals surface area contributed by atoms with Crippen molar-refractivity contribution in [1.29, 1.82) is 0 Å². The van der Waals surface area contributed by atoms with E-state index in [0.29, 0.717) is 29.8 Å². The van der Waals surface area contributed by atoms with Crippen LogP contribution in [-0.4, -0.2) is 27.9 Å². The molecule has 1 aromatic heterocycles. The monoisotopic (exact) mass is 444 g/mol. The molecule has 0 aliphatic carbocycles. The first-order valence-corrected chi connectivity index (χ1v) is 10.7. The summed E-state index contributed by atoms with van der Waals surface area (Å²) in [6.45, 7) is 3.92. The number of aromatic nitrogens is 2. The van der Waals surface area contributed by atoms with E-state index >= 15 is 0 Å². The fraction of sp³-hybridized carbons (Fsp3) is 0.192. The van der Waals surface area contributed by atoms with Gasteiger partial charge in [0.15, 0.2) is 0 Å². The summed E-state index contributed by atoms with van der Waals surface area (Å²) in [5.41, 5.74) is 4.66. The highest BCUT2D eigenvalue weighted by molar-refractivity contribution is 6.05. The molecule has 33 heavy (non-hydrogen) atoms. The van der Waals surface area contributed by atoms with E-state index in [9.17, 15) is 14.0 Å². The Morgan fingerprint density at radius 3 is 2.52 bits per heavy atom. The van der Waals surface area contributed by atoms with Gasteiger partial charge >= 0.3 is 0 Å². The van der Waals surface area contributed by atoms with E-state index in [1.807, 2.05) is 54.9 Å². The molecule has 0 bridgehead atoms. The van der Waals surface area contributed by atoms with E-state index < -0.39 is 5.82 Å². The van der Waals surface area contributed by atoms with Gasteiger partial charge < -0.3 is 15.2 Å². The summed E-state index contributed by atoms with van der Waals surface area (Å²) < 4.78 is 15.7. The molecule has 168 valence electrons. The van der Waals surface area contributed by atoms with Crippen molar-refractivity contribution in [3.05, 3.63) is 94.6 Å². The third kappa shape index (κ3) is 4.77. The molecule has 2 amide bonds. The number of halogens is 1. The summed E-state index contributed by atoms with van der Waals surface area (Å²) in [7, 11) is 1.91. The third-order valence-electron chi connectivity index (χ3n) is 5.69. The SMILES string of the molecule is Cc1ccc(C(=O)NCCc2nc3cc(NC(=O)c4ccccc4C)ccc3n2C)cc1F. The van der Waals surface area contributed by atoms with Gasteiger partial charge in [0.2, 0.25) is 0 Å². The number of benzene rings is 3. The molecule has 0 saturated heterocycles. The normalized spacial score (nSPS) is 10.9. The summed E-state index contributed by atoms with van der Waals surface area (Å²) in [6, 6.07) is 17.5. The van der Waals surface area contributed by atoms with Gasteiger partial charge in [0, 0.05) is 36.8 Å².